The molecule has 102 valence electrons. The lowest BCUT2D eigenvalue weighted by atomic mass is 10.0. The number of H-pyrrole nitrogens is 1. The Balaban J connectivity index is 2.17. The number of nitrogens with zero attached hydrogens (tertiary/aromatic N) is 2. The highest BCUT2D eigenvalue weighted by atomic mass is 19.1. The molecule has 0 saturated heterocycles. The Labute approximate surface area is 112 Å². The Morgan fingerprint density at radius 2 is 2.26 bits per heavy atom. The molecule has 0 amide bonds. The zero-order chi connectivity index (χ0) is 13.7. The lowest BCUT2D eigenvalue weighted by molar-refractivity contribution is 0.503. The van der Waals surface area contributed by atoms with Crippen molar-refractivity contribution in [2.45, 2.75) is 32.7 Å². The van der Waals surface area contributed by atoms with Crippen LogP contribution in [0, 0.1) is 12.7 Å². The molecule has 4 nitrogen and oxygen atoms in total. The van der Waals surface area contributed by atoms with Crippen LogP contribution in [-0.4, -0.2) is 21.7 Å². The number of halogens is 1. The Bertz CT molecular complexity index is 510. The van der Waals surface area contributed by atoms with Gasteiger partial charge in [-0.15, -0.1) is 0 Å². The Morgan fingerprint density at radius 3 is 2.95 bits per heavy atom. The lowest BCUT2D eigenvalue weighted by Crippen LogP contribution is -2.25. The fraction of sp³-hybridized carbons (Fsp3) is 0.429. The normalized spacial score (nSPS) is 12.6. The summed E-state index contributed by atoms with van der Waals surface area (Å²) in [6, 6.07) is 4.92. The molecule has 1 aromatic heterocycles. The zero-order valence-corrected chi connectivity index (χ0v) is 11.3. The van der Waals surface area contributed by atoms with Gasteiger partial charge < -0.3 is 5.32 Å². The number of nitrogens with one attached hydrogen (secondary N) is 2. The number of aromatic nitrogens is 3. The second-order valence-corrected chi connectivity index (χ2v) is 4.65. The van der Waals surface area contributed by atoms with Crippen LogP contribution in [0.25, 0.3) is 0 Å². The van der Waals surface area contributed by atoms with Gasteiger partial charge in [0.25, 0.3) is 0 Å². The lowest BCUT2D eigenvalue weighted by Gasteiger charge is -2.17. The summed E-state index contributed by atoms with van der Waals surface area (Å²) in [5.74, 6) is 0.588. The summed E-state index contributed by atoms with van der Waals surface area (Å²) in [5.41, 5.74) is 2.08. The Kier molecular flexibility index (Phi) is 4.63. The number of benzene rings is 1. The fourth-order valence-corrected chi connectivity index (χ4v) is 2.05. The van der Waals surface area contributed by atoms with Crippen molar-refractivity contribution in [3.05, 3.63) is 47.3 Å². The Hall–Kier alpha value is -1.75. The first-order chi connectivity index (χ1) is 9.20. The van der Waals surface area contributed by atoms with Crippen LogP contribution in [-0.2, 0) is 6.42 Å². The predicted octanol–water partition coefficient (Wildman–Crippen LogP) is 2.54. The highest BCUT2D eigenvalue weighted by Gasteiger charge is 2.15. The summed E-state index contributed by atoms with van der Waals surface area (Å²) >= 11 is 0. The van der Waals surface area contributed by atoms with E-state index in [9.17, 15) is 4.39 Å². The molecule has 0 fully saturated rings. The van der Waals surface area contributed by atoms with Crippen molar-refractivity contribution in [1.29, 1.82) is 0 Å². The van der Waals surface area contributed by atoms with Gasteiger partial charge in [-0.3, -0.25) is 5.10 Å². The van der Waals surface area contributed by atoms with Gasteiger partial charge in [-0.2, -0.15) is 5.10 Å². The maximum absolute atomic E-state index is 13.3. The van der Waals surface area contributed by atoms with Crippen molar-refractivity contribution in [1.82, 2.24) is 20.5 Å². The molecule has 19 heavy (non-hydrogen) atoms. The number of hydrogen-bond donors (Lipinski definition) is 2. The number of hydrogen-bond acceptors (Lipinski definition) is 3. The first-order valence-corrected chi connectivity index (χ1v) is 6.54. The monoisotopic (exact) mass is 262 g/mol. The van der Waals surface area contributed by atoms with Crippen LogP contribution >= 0.6 is 0 Å². The Morgan fingerprint density at radius 1 is 1.42 bits per heavy atom. The summed E-state index contributed by atoms with van der Waals surface area (Å²) in [7, 11) is 0. The predicted molar refractivity (Wildman–Crippen MR) is 72.3 cm³/mol. The van der Waals surface area contributed by atoms with E-state index in [4.69, 9.17) is 0 Å². The minimum atomic E-state index is -0.201. The van der Waals surface area contributed by atoms with E-state index in [0.717, 1.165) is 29.9 Å². The van der Waals surface area contributed by atoms with Crippen molar-refractivity contribution in [3.8, 4) is 0 Å². The van der Waals surface area contributed by atoms with Gasteiger partial charge in [0.1, 0.15) is 18.0 Å². The number of aryl methyl sites for hydroxylation is 1. The van der Waals surface area contributed by atoms with E-state index in [2.05, 4.69) is 27.4 Å². The van der Waals surface area contributed by atoms with E-state index in [0.29, 0.717) is 6.42 Å². The van der Waals surface area contributed by atoms with E-state index in [1.807, 2.05) is 13.0 Å². The summed E-state index contributed by atoms with van der Waals surface area (Å²) in [6.45, 7) is 4.99. The van der Waals surface area contributed by atoms with Crippen LogP contribution < -0.4 is 5.32 Å². The average molecular weight is 262 g/mol. The molecule has 0 aliphatic heterocycles. The molecule has 1 atom stereocenters. The van der Waals surface area contributed by atoms with Gasteiger partial charge in [0.2, 0.25) is 0 Å². The molecular formula is C14H19FN4. The highest BCUT2D eigenvalue weighted by Crippen LogP contribution is 2.18. The highest BCUT2D eigenvalue weighted by molar-refractivity contribution is 5.28. The zero-order valence-electron chi connectivity index (χ0n) is 11.3. The summed E-state index contributed by atoms with van der Waals surface area (Å²) < 4.78 is 13.3. The average Bonchev–Trinajstić information content (AvgIpc) is 2.92. The van der Waals surface area contributed by atoms with Crippen LogP contribution in [0.2, 0.25) is 0 Å². The van der Waals surface area contributed by atoms with Gasteiger partial charge in [0, 0.05) is 0 Å². The molecule has 1 heterocycles. The third-order valence-corrected chi connectivity index (χ3v) is 3.14. The first kappa shape index (κ1) is 13.7. The smallest absolute Gasteiger partial charge is 0.141 e. The molecule has 0 spiro atoms. The summed E-state index contributed by atoms with van der Waals surface area (Å²) in [6.07, 6.45) is 3.22. The van der Waals surface area contributed by atoms with Gasteiger partial charge in [0.15, 0.2) is 0 Å². The van der Waals surface area contributed by atoms with Crippen molar-refractivity contribution < 1.29 is 4.39 Å². The molecule has 1 aromatic carbocycles. The van der Waals surface area contributed by atoms with Crippen molar-refractivity contribution in [3.63, 3.8) is 0 Å². The van der Waals surface area contributed by atoms with Crippen LogP contribution in [0.15, 0.2) is 24.5 Å². The number of rotatable bonds is 6. The van der Waals surface area contributed by atoms with E-state index in [1.165, 1.54) is 12.4 Å². The topological polar surface area (TPSA) is 53.6 Å². The van der Waals surface area contributed by atoms with Gasteiger partial charge in [-0.05, 0) is 49.6 Å². The standard InChI is InChI=1S/C14H19FN4/c1-3-6-16-13(14-17-9-18-19-14)8-11-7-12(15)5-4-10(11)2/h4-5,7,9,13,16H,3,6,8H2,1-2H3,(H,17,18,19). The van der Waals surface area contributed by atoms with Crippen molar-refractivity contribution >= 4 is 0 Å². The molecule has 1 unspecified atom stereocenters. The van der Waals surface area contributed by atoms with Gasteiger partial charge in [-0.1, -0.05) is 13.0 Å². The fourth-order valence-electron chi connectivity index (χ4n) is 2.05. The molecule has 0 radical (unpaired) electrons. The first-order valence-electron chi connectivity index (χ1n) is 6.54. The third kappa shape index (κ3) is 3.61. The number of aromatic amines is 1. The van der Waals surface area contributed by atoms with Gasteiger partial charge >= 0.3 is 0 Å². The molecule has 2 rings (SSSR count). The van der Waals surface area contributed by atoms with E-state index >= 15 is 0 Å². The van der Waals surface area contributed by atoms with Crippen molar-refractivity contribution in [2.75, 3.05) is 6.54 Å². The second kappa shape index (κ2) is 6.43. The molecular weight excluding hydrogens is 243 g/mol. The minimum absolute atomic E-state index is 0.0305. The van der Waals surface area contributed by atoms with Crippen LogP contribution in [0.4, 0.5) is 4.39 Å². The largest absolute Gasteiger partial charge is 0.307 e. The van der Waals surface area contributed by atoms with E-state index in [-0.39, 0.29) is 11.9 Å². The summed E-state index contributed by atoms with van der Waals surface area (Å²) in [5, 5.41) is 10.2. The van der Waals surface area contributed by atoms with Gasteiger partial charge in [0.05, 0.1) is 6.04 Å². The molecule has 0 aliphatic rings. The van der Waals surface area contributed by atoms with Crippen LogP contribution in [0.3, 0.4) is 0 Å². The maximum Gasteiger partial charge on any atom is 0.141 e. The van der Waals surface area contributed by atoms with E-state index < -0.39 is 0 Å². The van der Waals surface area contributed by atoms with Crippen LogP contribution in [0.1, 0.15) is 36.3 Å². The van der Waals surface area contributed by atoms with Crippen molar-refractivity contribution in [2.24, 2.45) is 0 Å². The molecule has 0 bridgehead atoms. The van der Waals surface area contributed by atoms with Gasteiger partial charge in [-0.25, -0.2) is 9.37 Å². The second-order valence-electron chi connectivity index (χ2n) is 4.65. The van der Waals surface area contributed by atoms with Crippen LogP contribution in [0.5, 0.6) is 0 Å². The molecule has 0 aliphatic carbocycles. The minimum Gasteiger partial charge on any atom is -0.307 e. The summed E-state index contributed by atoms with van der Waals surface area (Å²) in [4.78, 5) is 4.19. The molecule has 2 N–H and O–H groups in total. The quantitative estimate of drug-likeness (QED) is 0.841. The molecule has 2 aromatic rings. The maximum atomic E-state index is 13.3. The molecule has 5 heteroatoms. The third-order valence-electron chi connectivity index (χ3n) is 3.14. The SMILES string of the molecule is CCCNC(Cc1cc(F)ccc1C)c1ncn[nH]1. The van der Waals surface area contributed by atoms with E-state index in [1.54, 1.807) is 6.07 Å². The molecule has 0 saturated carbocycles.